The molecule has 2 heterocycles. The Morgan fingerprint density at radius 3 is 2.72 bits per heavy atom. The van der Waals surface area contributed by atoms with Gasteiger partial charge >= 0.3 is 0 Å². The van der Waals surface area contributed by atoms with Gasteiger partial charge in [0.15, 0.2) is 11.7 Å². The Morgan fingerprint density at radius 2 is 2.07 bits per heavy atom. The van der Waals surface area contributed by atoms with Gasteiger partial charge < -0.3 is 20.1 Å². The second-order valence-electron chi connectivity index (χ2n) is 7.54. The minimum Gasteiger partial charge on any atom is -0.359 e. The van der Waals surface area contributed by atoms with Gasteiger partial charge in [-0.2, -0.15) is 0 Å². The van der Waals surface area contributed by atoms with Crippen molar-refractivity contribution in [2.24, 2.45) is 4.99 Å². The van der Waals surface area contributed by atoms with Crippen molar-refractivity contribution in [1.82, 2.24) is 20.7 Å². The Balaban J connectivity index is 0.00000420. The molecule has 0 aromatic carbocycles. The van der Waals surface area contributed by atoms with Crippen LogP contribution in [-0.2, 0) is 11.3 Å². The number of rotatable bonds is 9. The lowest BCUT2D eigenvalue weighted by Gasteiger charge is -2.33. The summed E-state index contributed by atoms with van der Waals surface area (Å²) in [4.78, 5) is 19.0. The van der Waals surface area contributed by atoms with Crippen molar-refractivity contribution in [3.63, 3.8) is 0 Å². The predicted octanol–water partition coefficient (Wildman–Crippen LogP) is 4.04. The number of amides is 1. The van der Waals surface area contributed by atoms with E-state index in [9.17, 15) is 4.79 Å². The van der Waals surface area contributed by atoms with E-state index in [2.05, 4.69) is 41.6 Å². The zero-order chi connectivity index (χ0) is 20.4. The molecule has 1 aliphatic heterocycles. The number of carbonyl (C=O) groups excluding carboxylic acids is 1. The Morgan fingerprint density at radius 1 is 1.31 bits per heavy atom. The number of hydrogen-bond acceptors (Lipinski definition) is 4. The molecule has 1 atom stereocenters. The summed E-state index contributed by atoms with van der Waals surface area (Å²) in [6, 6.07) is 2.37. The van der Waals surface area contributed by atoms with E-state index in [1.165, 1.54) is 6.42 Å². The van der Waals surface area contributed by atoms with Gasteiger partial charge in [0, 0.05) is 44.1 Å². The fraction of sp³-hybridized carbons (Fsp3) is 0.762. The molecule has 1 saturated heterocycles. The maximum atomic E-state index is 12.5. The average Bonchev–Trinajstić information content (AvgIpc) is 3.16. The Kier molecular flexibility index (Phi) is 12.3. The van der Waals surface area contributed by atoms with Gasteiger partial charge in [0.05, 0.1) is 5.69 Å². The van der Waals surface area contributed by atoms with Crippen LogP contribution in [0.4, 0.5) is 0 Å². The predicted molar refractivity (Wildman–Crippen MR) is 128 cm³/mol. The number of nitrogens with one attached hydrogen (secondary N) is 2. The maximum Gasteiger partial charge on any atom is 0.224 e. The Hall–Kier alpha value is -1.32. The summed E-state index contributed by atoms with van der Waals surface area (Å²) in [7, 11) is 0. The molecule has 1 unspecified atom stereocenters. The molecular weight excluding hydrogens is 481 g/mol. The smallest absolute Gasteiger partial charge is 0.224 e. The molecule has 1 fully saturated rings. The highest BCUT2D eigenvalue weighted by Crippen LogP contribution is 2.22. The topological polar surface area (TPSA) is 82.8 Å². The molecule has 1 aromatic rings. The molecular formula is C21H38IN5O2. The van der Waals surface area contributed by atoms with Crippen molar-refractivity contribution in [3.8, 4) is 0 Å². The van der Waals surface area contributed by atoms with E-state index in [1.807, 2.05) is 17.9 Å². The van der Waals surface area contributed by atoms with E-state index in [0.29, 0.717) is 37.4 Å². The first-order valence-corrected chi connectivity index (χ1v) is 10.9. The molecule has 0 radical (unpaired) electrons. The number of piperidine rings is 1. The second kappa shape index (κ2) is 13.8. The summed E-state index contributed by atoms with van der Waals surface area (Å²) in [6.45, 7) is 11.2. The minimum absolute atomic E-state index is 0. The van der Waals surface area contributed by atoms with Crippen LogP contribution in [0.1, 0.15) is 83.6 Å². The van der Waals surface area contributed by atoms with Crippen molar-refractivity contribution in [1.29, 1.82) is 0 Å². The van der Waals surface area contributed by atoms with Crippen LogP contribution in [-0.4, -0.2) is 47.6 Å². The largest absolute Gasteiger partial charge is 0.359 e. The first-order valence-electron chi connectivity index (χ1n) is 10.9. The van der Waals surface area contributed by atoms with E-state index >= 15 is 0 Å². The van der Waals surface area contributed by atoms with Gasteiger partial charge in [0.1, 0.15) is 6.54 Å². The van der Waals surface area contributed by atoms with Gasteiger partial charge in [-0.15, -0.1) is 24.0 Å². The summed E-state index contributed by atoms with van der Waals surface area (Å²) in [5.41, 5.74) is 1.01. The monoisotopic (exact) mass is 519 g/mol. The van der Waals surface area contributed by atoms with Gasteiger partial charge in [-0.1, -0.05) is 19.0 Å². The Bertz CT molecular complexity index is 630. The number of halogens is 1. The molecule has 166 valence electrons. The number of guanidine groups is 1. The first-order chi connectivity index (χ1) is 13.6. The van der Waals surface area contributed by atoms with E-state index < -0.39 is 0 Å². The molecule has 0 spiro atoms. The van der Waals surface area contributed by atoms with E-state index in [0.717, 1.165) is 50.2 Å². The van der Waals surface area contributed by atoms with Crippen molar-refractivity contribution >= 4 is 35.8 Å². The number of aromatic nitrogens is 1. The minimum atomic E-state index is 0. The number of carbonyl (C=O) groups is 1. The molecule has 8 heteroatoms. The van der Waals surface area contributed by atoms with Gasteiger partial charge in [-0.05, 0) is 46.0 Å². The summed E-state index contributed by atoms with van der Waals surface area (Å²) < 4.78 is 5.44. The molecule has 2 rings (SSSR count). The average molecular weight is 519 g/mol. The third-order valence-electron chi connectivity index (χ3n) is 5.47. The van der Waals surface area contributed by atoms with Crippen LogP contribution in [0.3, 0.4) is 0 Å². The lowest BCUT2D eigenvalue weighted by molar-refractivity contribution is -0.134. The van der Waals surface area contributed by atoms with Crippen LogP contribution in [0, 0.1) is 0 Å². The van der Waals surface area contributed by atoms with Crippen molar-refractivity contribution < 1.29 is 9.32 Å². The summed E-state index contributed by atoms with van der Waals surface area (Å²) >= 11 is 0. The lowest BCUT2D eigenvalue weighted by Crippen LogP contribution is -2.44. The quantitative estimate of drug-likeness (QED) is 0.292. The van der Waals surface area contributed by atoms with Crippen LogP contribution in [0.25, 0.3) is 0 Å². The number of hydrogen-bond donors (Lipinski definition) is 2. The fourth-order valence-electron chi connectivity index (χ4n) is 3.70. The van der Waals surface area contributed by atoms with Crippen molar-refractivity contribution in [3.05, 3.63) is 17.5 Å². The van der Waals surface area contributed by atoms with Crippen LogP contribution < -0.4 is 10.6 Å². The zero-order valence-electron chi connectivity index (χ0n) is 18.4. The second-order valence-corrected chi connectivity index (χ2v) is 7.54. The van der Waals surface area contributed by atoms with Crippen LogP contribution >= 0.6 is 24.0 Å². The highest BCUT2D eigenvalue weighted by molar-refractivity contribution is 14.0. The first kappa shape index (κ1) is 25.7. The molecule has 1 amide bonds. The van der Waals surface area contributed by atoms with Crippen molar-refractivity contribution in [2.75, 3.05) is 19.6 Å². The number of aliphatic imine (C=N–C) groups is 1. The summed E-state index contributed by atoms with van der Waals surface area (Å²) in [6.07, 6.45) is 6.04. The highest BCUT2D eigenvalue weighted by atomic mass is 127. The molecule has 1 aliphatic rings. The molecule has 2 N–H and O–H groups in total. The maximum absolute atomic E-state index is 12.5. The SMILES string of the molecule is CCNC(=NCc1cc(C(CC)CC)no1)NCCC(=O)N1CCCCC1C.I. The third kappa shape index (κ3) is 8.14. The molecule has 29 heavy (non-hydrogen) atoms. The van der Waals surface area contributed by atoms with Crippen LogP contribution in [0.2, 0.25) is 0 Å². The van der Waals surface area contributed by atoms with Gasteiger partial charge in [0.2, 0.25) is 5.91 Å². The normalized spacial score (nSPS) is 17.2. The van der Waals surface area contributed by atoms with Gasteiger partial charge in [-0.25, -0.2) is 4.99 Å². The fourth-order valence-corrected chi connectivity index (χ4v) is 3.70. The third-order valence-corrected chi connectivity index (χ3v) is 5.47. The molecule has 0 saturated carbocycles. The van der Waals surface area contributed by atoms with E-state index in [1.54, 1.807) is 0 Å². The zero-order valence-corrected chi connectivity index (χ0v) is 20.7. The van der Waals surface area contributed by atoms with Crippen LogP contribution in [0.15, 0.2) is 15.6 Å². The highest BCUT2D eigenvalue weighted by Gasteiger charge is 2.22. The number of likely N-dealkylation sites (tertiary alicyclic amines) is 1. The molecule has 0 bridgehead atoms. The molecule has 7 nitrogen and oxygen atoms in total. The van der Waals surface area contributed by atoms with Crippen LogP contribution in [0.5, 0.6) is 0 Å². The Labute approximate surface area is 192 Å². The van der Waals surface area contributed by atoms with Crippen molar-refractivity contribution in [2.45, 2.75) is 84.7 Å². The van der Waals surface area contributed by atoms with E-state index in [4.69, 9.17) is 4.52 Å². The number of nitrogens with zero attached hydrogens (tertiary/aromatic N) is 3. The van der Waals surface area contributed by atoms with Gasteiger partial charge in [0.25, 0.3) is 0 Å². The summed E-state index contributed by atoms with van der Waals surface area (Å²) in [5.74, 6) is 2.12. The molecule has 0 aliphatic carbocycles. The summed E-state index contributed by atoms with van der Waals surface area (Å²) in [5, 5.41) is 10.7. The molecule has 1 aromatic heterocycles. The van der Waals surface area contributed by atoms with E-state index in [-0.39, 0.29) is 29.9 Å². The lowest BCUT2D eigenvalue weighted by atomic mass is 9.99. The standard InChI is InChI=1S/C21H37N5O2.HI/c1-5-17(6-2)19-14-18(28-25-19)15-24-21(22-7-3)23-12-11-20(27)26-13-9-8-10-16(26)4;/h14,16-17H,5-13,15H2,1-4H3,(H2,22,23,24);1H. The van der Waals surface area contributed by atoms with Gasteiger partial charge in [-0.3, -0.25) is 4.79 Å².